The zero-order valence-electron chi connectivity index (χ0n) is 21.8. The van der Waals surface area contributed by atoms with E-state index in [4.69, 9.17) is 9.72 Å². The van der Waals surface area contributed by atoms with E-state index in [-0.39, 0.29) is 6.04 Å². The molecule has 0 bridgehead atoms. The molecule has 0 fully saturated rings. The second kappa shape index (κ2) is 10.5. The average molecular weight is 492 g/mol. The van der Waals surface area contributed by atoms with Gasteiger partial charge in [0.05, 0.1) is 17.0 Å². The van der Waals surface area contributed by atoms with E-state index in [0.717, 1.165) is 33.8 Å². The lowest BCUT2D eigenvalue weighted by molar-refractivity contribution is 0.305. The number of rotatable bonds is 8. The first kappa shape index (κ1) is 24.7. The third kappa shape index (κ3) is 5.11. The number of anilines is 1. The first-order valence-corrected chi connectivity index (χ1v) is 12.7. The van der Waals surface area contributed by atoms with Crippen LogP contribution in [0.3, 0.4) is 0 Å². The number of hydrogen-bond acceptors (Lipinski definition) is 6. The van der Waals surface area contributed by atoms with Crippen LogP contribution in [0.5, 0.6) is 5.75 Å². The second-order valence-electron chi connectivity index (χ2n) is 9.77. The van der Waals surface area contributed by atoms with E-state index in [9.17, 15) is 0 Å². The predicted octanol–water partition coefficient (Wildman–Crippen LogP) is 6.14. The summed E-state index contributed by atoms with van der Waals surface area (Å²) in [5, 5.41) is 8.18. The molecule has 2 aromatic carbocycles. The van der Waals surface area contributed by atoms with E-state index in [1.54, 1.807) is 6.33 Å². The minimum Gasteiger partial charge on any atom is -0.489 e. The van der Waals surface area contributed by atoms with E-state index in [2.05, 4.69) is 96.0 Å². The topological polar surface area (TPSA) is 72.0 Å². The van der Waals surface area contributed by atoms with Gasteiger partial charge in [0.15, 0.2) is 5.65 Å². The molecule has 6 nitrogen and oxygen atoms in total. The highest BCUT2D eigenvalue weighted by molar-refractivity contribution is 5.86. The first-order valence-electron chi connectivity index (χ1n) is 12.7. The Kier molecular flexibility index (Phi) is 7.01. The molecule has 0 saturated carbocycles. The maximum Gasteiger partial charge on any atom is 0.164 e. The van der Waals surface area contributed by atoms with E-state index >= 15 is 0 Å². The van der Waals surface area contributed by atoms with E-state index < -0.39 is 5.54 Å². The van der Waals surface area contributed by atoms with Gasteiger partial charge in [-0.05, 0) is 55.3 Å². The number of nitrogens with one attached hydrogen (secondary N) is 2. The van der Waals surface area contributed by atoms with Gasteiger partial charge in [0.2, 0.25) is 0 Å². The first-order chi connectivity index (χ1) is 18.0. The Bertz CT molecular complexity index is 1430. The maximum atomic E-state index is 6.03. The lowest BCUT2D eigenvalue weighted by atomic mass is 9.78. The van der Waals surface area contributed by atoms with Crippen LogP contribution in [0.4, 0.5) is 5.82 Å². The summed E-state index contributed by atoms with van der Waals surface area (Å²) in [6, 6.07) is 22.5. The number of allylic oxidation sites excluding steroid dienone is 2. The molecule has 2 heterocycles. The van der Waals surface area contributed by atoms with Crippen molar-refractivity contribution in [1.82, 2.24) is 20.3 Å². The van der Waals surface area contributed by atoms with E-state index in [1.807, 2.05) is 37.4 Å². The Morgan fingerprint density at radius 3 is 2.49 bits per heavy atom. The normalized spacial score (nSPS) is 19.2. The zero-order chi connectivity index (χ0) is 25.8. The van der Waals surface area contributed by atoms with Crippen LogP contribution in [-0.2, 0) is 12.1 Å². The van der Waals surface area contributed by atoms with E-state index in [0.29, 0.717) is 18.2 Å². The highest BCUT2D eigenvalue weighted by Crippen LogP contribution is 2.35. The van der Waals surface area contributed by atoms with Crippen LogP contribution in [-0.4, -0.2) is 28.0 Å². The van der Waals surface area contributed by atoms with Crippen molar-refractivity contribution >= 4 is 16.9 Å². The van der Waals surface area contributed by atoms with Gasteiger partial charge in [-0.15, -0.1) is 0 Å². The number of aromatic nitrogens is 3. The lowest BCUT2D eigenvalue weighted by Gasteiger charge is -2.40. The van der Waals surface area contributed by atoms with Crippen molar-refractivity contribution in [2.24, 2.45) is 0 Å². The molecule has 2 aromatic heterocycles. The summed E-state index contributed by atoms with van der Waals surface area (Å²) < 4.78 is 6.03. The van der Waals surface area contributed by atoms with Crippen molar-refractivity contribution in [2.45, 2.75) is 44.9 Å². The number of nitrogens with zero attached hydrogens (tertiary/aromatic N) is 3. The molecule has 2 atom stereocenters. The van der Waals surface area contributed by atoms with Gasteiger partial charge >= 0.3 is 0 Å². The molecule has 0 aliphatic heterocycles. The molecule has 5 rings (SSSR count). The third-order valence-corrected chi connectivity index (χ3v) is 6.93. The van der Waals surface area contributed by atoms with Gasteiger partial charge in [-0.2, -0.15) is 0 Å². The summed E-state index contributed by atoms with van der Waals surface area (Å²) >= 11 is 0. The monoisotopic (exact) mass is 491 g/mol. The summed E-state index contributed by atoms with van der Waals surface area (Å²) in [6.45, 7) is 6.92. The van der Waals surface area contributed by atoms with Crippen molar-refractivity contribution in [3.05, 3.63) is 114 Å². The Morgan fingerprint density at radius 2 is 1.76 bits per heavy atom. The van der Waals surface area contributed by atoms with Gasteiger partial charge in [-0.25, -0.2) is 15.0 Å². The van der Waals surface area contributed by atoms with Crippen LogP contribution in [0.2, 0.25) is 0 Å². The Morgan fingerprint density at radius 1 is 0.973 bits per heavy atom. The predicted molar refractivity (Wildman–Crippen MR) is 150 cm³/mol. The highest BCUT2D eigenvalue weighted by Gasteiger charge is 2.38. The number of fused-ring (bicyclic) bond motifs is 1. The molecule has 1 aliphatic carbocycles. The van der Waals surface area contributed by atoms with Crippen molar-refractivity contribution < 1.29 is 4.74 Å². The molecule has 188 valence electrons. The van der Waals surface area contributed by atoms with Gasteiger partial charge in [0, 0.05) is 5.69 Å². The van der Waals surface area contributed by atoms with Crippen LogP contribution >= 0.6 is 0 Å². The standard InChI is InChI=1S/C31H33N5O/c1-21(2)27-15-14-26-29(35-27)33-20-34-30(26)36-28-18-22(3)16-17-31(28,32-4)24-10-12-25(13-11-24)37-19-23-8-6-5-7-9-23/h5-18,20-21,28,32H,19H2,1-4H3,(H,33,34,35,36). The molecule has 0 amide bonds. The Labute approximate surface area is 218 Å². The molecule has 4 aromatic rings. The molecule has 6 heteroatoms. The van der Waals surface area contributed by atoms with Crippen molar-refractivity contribution in [3.8, 4) is 5.75 Å². The van der Waals surface area contributed by atoms with Crippen molar-refractivity contribution in [1.29, 1.82) is 0 Å². The number of benzene rings is 2. The number of likely N-dealkylation sites (N-methyl/N-ethyl adjacent to an activating group) is 1. The lowest BCUT2D eigenvalue weighted by Crippen LogP contribution is -2.52. The fraction of sp³-hybridized carbons (Fsp3) is 0.258. The summed E-state index contributed by atoms with van der Waals surface area (Å²) in [5.74, 6) is 1.93. The zero-order valence-corrected chi connectivity index (χ0v) is 21.8. The molecule has 0 spiro atoms. The minimum absolute atomic E-state index is 0.0959. The average Bonchev–Trinajstić information content (AvgIpc) is 2.93. The molecule has 37 heavy (non-hydrogen) atoms. The fourth-order valence-electron chi connectivity index (χ4n) is 4.74. The number of hydrogen-bond donors (Lipinski definition) is 2. The van der Waals surface area contributed by atoms with Crippen LogP contribution in [0, 0.1) is 0 Å². The van der Waals surface area contributed by atoms with Crippen LogP contribution < -0.4 is 15.4 Å². The summed E-state index contributed by atoms with van der Waals surface area (Å²) in [7, 11) is 1.99. The third-order valence-electron chi connectivity index (χ3n) is 6.93. The van der Waals surface area contributed by atoms with Crippen LogP contribution in [0.15, 0.2) is 96.9 Å². The molecule has 0 saturated heterocycles. The maximum absolute atomic E-state index is 6.03. The number of pyridine rings is 1. The van der Waals surface area contributed by atoms with Gasteiger partial charge in [0.25, 0.3) is 0 Å². The van der Waals surface area contributed by atoms with Gasteiger partial charge in [-0.3, -0.25) is 0 Å². The molecule has 0 radical (unpaired) electrons. The molecular weight excluding hydrogens is 458 g/mol. The summed E-state index contributed by atoms with van der Waals surface area (Å²) in [5.41, 5.74) is 4.69. The molecule has 2 N–H and O–H groups in total. The van der Waals surface area contributed by atoms with Gasteiger partial charge in [-0.1, -0.05) is 80.1 Å². The van der Waals surface area contributed by atoms with E-state index in [1.165, 1.54) is 5.57 Å². The minimum atomic E-state index is -0.486. The van der Waals surface area contributed by atoms with Gasteiger partial charge < -0.3 is 15.4 Å². The van der Waals surface area contributed by atoms with Crippen LogP contribution in [0.1, 0.15) is 43.5 Å². The Hall–Kier alpha value is -4.03. The summed E-state index contributed by atoms with van der Waals surface area (Å²) in [4.78, 5) is 13.8. The second-order valence-corrected chi connectivity index (χ2v) is 9.77. The van der Waals surface area contributed by atoms with Crippen molar-refractivity contribution in [2.75, 3.05) is 12.4 Å². The largest absolute Gasteiger partial charge is 0.489 e. The highest BCUT2D eigenvalue weighted by atomic mass is 16.5. The smallest absolute Gasteiger partial charge is 0.164 e. The molecular formula is C31H33N5O. The Balaban J connectivity index is 1.43. The fourth-order valence-corrected chi connectivity index (χ4v) is 4.74. The van der Waals surface area contributed by atoms with Crippen molar-refractivity contribution in [3.63, 3.8) is 0 Å². The quantitative estimate of drug-likeness (QED) is 0.309. The summed E-state index contributed by atoms with van der Waals surface area (Å²) in [6.07, 6.45) is 8.19. The molecule has 2 unspecified atom stereocenters. The molecule has 1 aliphatic rings. The SMILES string of the molecule is CNC1(c2ccc(OCc3ccccc3)cc2)C=CC(C)=CC1Nc1ncnc2nc(C(C)C)ccc12. The number of ether oxygens (including phenoxy) is 1. The van der Waals surface area contributed by atoms with Gasteiger partial charge in [0.1, 0.15) is 24.5 Å². The van der Waals surface area contributed by atoms with Crippen LogP contribution in [0.25, 0.3) is 11.0 Å².